The van der Waals surface area contributed by atoms with Crippen LogP contribution in [0.3, 0.4) is 0 Å². The van der Waals surface area contributed by atoms with Crippen molar-refractivity contribution in [2.24, 2.45) is 0 Å². The zero-order valence-electron chi connectivity index (χ0n) is 11.3. The van der Waals surface area contributed by atoms with Gasteiger partial charge in [-0.25, -0.2) is 4.39 Å². The lowest BCUT2D eigenvalue weighted by atomic mass is 10.00. The molecule has 1 atom stereocenters. The van der Waals surface area contributed by atoms with Gasteiger partial charge < -0.3 is 15.8 Å². The summed E-state index contributed by atoms with van der Waals surface area (Å²) >= 11 is 0. The number of para-hydroxylation sites is 1. The van der Waals surface area contributed by atoms with Crippen LogP contribution in [0.25, 0.3) is 0 Å². The number of rotatable bonds is 2. The van der Waals surface area contributed by atoms with Gasteiger partial charge in [-0.05, 0) is 30.7 Å². The Bertz CT molecular complexity index is 642. The number of halogens is 1. The molecule has 20 heavy (non-hydrogen) atoms. The maximum Gasteiger partial charge on any atom is 0.128 e. The number of nitrogens with two attached hydrogens (primary N) is 1. The Hall–Kier alpha value is -2.23. The number of nitrogen functional groups attached to an aromatic ring is 1. The van der Waals surface area contributed by atoms with Gasteiger partial charge in [0.05, 0.1) is 24.0 Å². The van der Waals surface area contributed by atoms with Crippen LogP contribution >= 0.6 is 0 Å². The van der Waals surface area contributed by atoms with Crippen molar-refractivity contribution in [1.29, 1.82) is 0 Å². The Labute approximate surface area is 117 Å². The molecule has 0 saturated carbocycles. The molecule has 0 radical (unpaired) electrons. The quantitative estimate of drug-likeness (QED) is 0.820. The molecule has 104 valence electrons. The lowest BCUT2D eigenvalue weighted by Crippen LogP contribution is -2.20. The summed E-state index contributed by atoms with van der Waals surface area (Å²) < 4.78 is 19.1. The van der Waals surface area contributed by atoms with E-state index in [1.165, 1.54) is 6.07 Å². The predicted octanol–water partition coefficient (Wildman–Crippen LogP) is 3.65. The fraction of sp³-hybridized carbons (Fsp3) is 0.250. The highest BCUT2D eigenvalue weighted by Gasteiger charge is 2.21. The highest BCUT2D eigenvalue weighted by atomic mass is 19.1. The molecule has 2 aromatic rings. The van der Waals surface area contributed by atoms with E-state index in [1.807, 2.05) is 24.3 Å². The van der Waals surface area contributed by atoms with Gasteiger partial charge in [0.2, 0.25) is 0 Å². The summed E-state index contributed by atoms with van der Waals surface area (Å²) in [7, 11) is 0. The van der Waals surface area contributed by atoms with Crippen molar-refractivity contribution >= 4 is 11.4 Å². The van der Waals surface area contributed by atoms with Gasteiger partial charge in [-0.3, -0.25) is 0 Å². The largest absolute Gasteiger partial charge is 0.493 e. The Balaban J connectivity index is 1.91. The van der Waals surface area contributed by atoms with Crippen LogP contribution in [-0.4, -0.2) is 6.61 Å². The van der Waals surface area contributed by atoms with Crippen molar-refractivity contribution in [2.45, 2.75) is 19.4 Å². The van der Waals surface area contributed by atoms with Gasteiger partial charge in [0, 0.05) is 12.0 Å². The average Bonchev–Trinajstić information content (AvgIpc) is 2.45. The minimum Gasteiger partial charge on any atom is -0.493 e. The number of hydrogen-bond donors (Lipinski definition) is 2. The summed E-state index contributed by atoms with van der Waals surface area (Å²) in [6, 6.07) is 11.2. The fourth-order valence-electron chi connectivity index (χ4n) is 2.50. The molecule has 0 fully saturated rings. The molecular weight excluding hydrogens is 255 g/mol. The summed E-state index contributed by atoms with van der Waals surface area (Å²) in [5.41, 5.74) is 8.79. The molecule has 3 nitrogen and oxygen atoms in total. The van der Waals surface area contributed by atoms with Gasteiger partial charge in [-0.15, -0.1) is 0 Å². The van der Waals surface area contributed by atoms with Crippen LogP contribution in [0.4, 0.5) is 15.8 Å². The number of hydrogen-bond acceptors (Lipinski definition) is 3. The van der Waals surface area contributed by atoms with Crippen molar-refractivity contribution < 1.29 is 9.13 Å². The lowest BCUT2D eigenvalue weighted by Gasteiger charge is -2.28. The SMILES string of the molecule is Cc1cc(NC2CCOc3ccccc32)c(N)cc1F. The second kappa shape index (κ2) is 5.04. The Morgan fingerprint density at radius 2 is 2.10 bits per heavy atom. The van der Waals surface area contributed by atoms with Crippen LogP contribution in [0.2, 0.25) is 0 Å². The molecule has 1 aliphatic rings. The van der Waals surface area contributed by atoms with E-state index in [4.69, 9.17) is 10.5 Å². The summed E-state index contributed by atoms with van der Waals surface area (Å²) in [6.07, 6.45) is 0.854. The number of benzene rings is 2. The number of nitrogens with one attached hydrogen (secondary N) is 1. The monoisotopic (exact) mass is 272 g/mol. The zero-order chi connectivity index (χ0) is 14.1. The predicted molar refractivity (Wildman–Crippen MR) is 78.5 cm³/mol. The summed E-state index contributed by atoms with van der Waals surface area (Å²) in [5.74, 6) is 0.620. The van der Waals surface area contributed by atoms with Crippen molar-refractivity contribution in [3.8, 4) is 5.75 Å². The summed E-state index contributed by atoms with van der Waals surface area (Å²) in [6.45, 7) is 2.40. The van der Waals surface area contributed by atoms with E-state index in [2.05, 4.69) is 5.32 Å². The average molecular weight is 272 g/mol. The Kier molecular flexibility index (Phi) is 3.22. The van der Waals surface area contributed by atoms with Gasteiger partial charge in [0.15, 0.2) is 0 Å². The van der Waals surface area contributed by atoms with Crippen LogP contribution in [0.1, 0.15) is 23.6 Å². The molecule has 1 unspecified atom stereocenters. The maximum atomic E-state index is 13.4. The second-order valence-electron chi connectivity index (χ2n) is 5.06. The minimum absolute atomic E-state index is 0.132. The van der Waals surface area contributed by atoms with Crippen LogP contribution in [0, 0.1) is 12.7 Å². The number of anilines is 2. The third-order valence-corrected chi connectivity index (χ3v) is 3.62. The molecule has 0 aromatic heterocycles. The first kappa shape index (κ1) is 12.8. The molecule has 0 aliphatic carbocycles. The van der Waals surface area contributed by atoms with Gasteiger partial charge in [-0.2, -0.15) is 0 Å². The number of ether oxygens (including phenoxy) is 1. The van der Waals surface area contributed by atoms with Crippen LogP contribution in [-0.2, 0) is 0 Å². The molecule has 3 N–H and O–H groups in total. The normalized spacial score (nSPS) is 17.2. The van der Waals surface area contributed by atoms with E-state index in [1.54, 1.807) is 13.0 Å². The molecule has 0 spiro atoms. The highest BCUT2D eigenvalue weighted by Crippen LogP contribution is 2.35. The standard InChI is InChI=1S/C16H17FN2O/c1-10-8-15(13(18)9-12(10)17)19-14-6-7-20-16-5-3-2-4-11(14)16/h2-5,8-9,14,19H,6-7,18H2,1H3. The molecule has 3 rings (SSSR count). The molecule has 2 aromatic carbocycles. The van der Waals surface area contributed by atoms with Crippen molar-refractivity contribution in [2.75, 3.05) is 17.7 Å². The lowest BCUT2D eigenvalue weighted by molar-refractivity contribution is 0.274. The topological polar surface area (TPSA) is 47.3 Å². The maximum absolute atomic E-state index is 13.4. The van der Waals surface area contributed by atoms with Crippen molar-refractivity contribution in [1.82, 2.24) is 0 Å². The highest BCUT2D eigenvalue weighted by molar-refractivity contribution is 5.68. The van der Waals surface area contributed by atoms with E-state index in [9.17, 15) is 4.39 Å². The minimum atomic E-state index is -0.277. The first-order valence-corrected chi connectivity index (χ1v) is 6.69. The number of fused-ring (bicyclic) bond motifs is 1. The molecular formula is C16H17FN2O. The van der Waals surface area contributed by atoms with Gasteiger partial charge in [0.25, 0.3) is 0 Å². The molecule has 1 aliphatic heterocycles. The number of aryl methyl sites for hydroxylation is 1. The first-order chi connectivity index (χ1) is 9.65. The second-order valence-corrected chi connectivity index (χ2v) is 5.06. The van der Waals surface area contributed by atoms with Crippen LogP contribution in [0.5, 0.6) is 5.75 Å². The summed E-state index contributed by atoms with van der Waals surface area (Å²) in [4.78, 5) is 0. The van der Waals surface area contributed by atoms with Gasteiger partial charge >= 0.3 is 0 Å². The fourth-order valence-corrected chi connectivity index (χ4v) is 2.50. The molecule has 0 bridgehead atoms. The van der Waals surface area contributed by atoms with E-state index in [-0.39, 0.29) is 11.9 Å². The summed E-state index contributed by atoms with van der Waals surface area (Å²) in [5, 5.41) is 3.40. The van der Waals surface area contributed by atoms with Crippen molar-refractivity contribution in [3.63, 3.8) is 0 Å². The van der Waals surface area contributed by atoms with E-state index < -0.39 is 0 Å². The van der Waals surface area contributed by atoms with Gasteiger partial charge in [-0.1, -0.05) is 18.2 Å². The molecule has 4 heteroatoms. The molecule has 1 heterocycles. The molecule has 0 saturated heterocycles. The Morgan fingerprint density at radius 3 is 2.95 bits per heavy atom. The Morgan fingerprint density at radius 1 is 1.30 bits per heavy atom. The van der Waals surface area contributed by atoms with Crippen LogP contribution in [0.15, 0.2) is 36.4 Å². The third-order valence-electron chi connectivity index (χ3n) is 3.62. The zero-order valence-corrected chi connectivity index (χ0v) is 11.3. The van der Waals surface area contributed by atoms with E-state index in [0.29, 0.717) is 17.9 Å². The molecule has 0 amide bonds. The third kappa shape index (κ3) is 2.29. The van der Waals surface area contributed by atoms with E-state index >= 15 is 0 Å². The van der Waals surface area contributed by atoms with Crippen LogP contribution < -0.4 is 15.8 Å². The smallest absolute Gasteiger partial charge is 0.128 e. The van der Waals surface area contributed by atoms with E-state index in [0.717, 1.165) is 23.4 Å². The first-order valence-electron chi connectivity index (χ1n) is 6.69. The van der Waals surface area contributed by atoms with Gasteiger partial charge in [0.1, 0.15) is 11.6 Å². The van der Waals surface area contributed by atoms with Crippen molar-refractivity contribution in [3.05, 3.63) is 53.3 Å².